The highest BCUT2D eigenvalue weighted by molar-refractivity contribution is 9.11. The van der Waals surface area contributed by atoms with Crippen molar-refractivity contribution in [1.82, 2.24) is 4.57 Å². The predicted octanol–water partition coefficient (Wildman–Crippen LogP) is 6.55. The fraction of sp³-hybridized carbons (Fsp3) is 0.133. The van der Waals surface area contributed by atoms with Crippen LogP contribution in [-0.2, 0) is 6.42 Å². The van der Waals surface area contributed by atoms with Crippen molar-refractivity contribution in [2.45, 2.75) is 18.9 Å². The van der Waals surface area contributed by atoms with Crippen molar-refractivity contribution in [1.29, 1.82) is 0 Å². The monoisotopic (exact) mass is 650 g/mol. The molecule has 3 aromatic carbocycles. The molecule has 0 bridgehead atoms. The number of ether oxygens (including phenoxy) is 1. The molecule has 1 aliphatic heterocycles. The normalized spacial score (nSPS) is 16.4. The number of hydrogen-bond acceptors (Lipinski definition) is 4. The van der Waals surface area contributed by atoms with Gasteiger partial charge in [-0.05, 0) is 97.3 Å². The summed E-state index contributed by atoms with van der Waals surface area (Å²) in [6, 6.07) is 18.2. The minimum absolute atomic E-state index is 0.118. The maximum atomic E-state index is 13.9. The molecular formula is C30H21Br2FN2O2S. The average Bonchev–Trinajstić information content (AvgIpc) is 3.22. The highest BCUT2D eigenvalue weighted by atomic mass is 79.9. The molecule has 0 fully saturated rings. The van der Waals surface area contributed by atoms with E-state index in [1.807, 2.05) is 30.3 Å². The molecule has 0 spiro atoms. The van der Waals surface area contributed by atoms with Crippen LogP contribution < -0.4 is 19.6 Å². The Labute approximate surface area is 239 Å². The molecule has 1 aliphatic carbocycles. The van der Waals surface area contributed by atoms with Gasteiger partial charge in [0.25, 0.3) is 5.56 Å². The molecule has 2 aliphatic rings. The molecule has 0 radical (unpaired) electrons. The Hall–Kier alpha value is -3.07. The summed E-state index contributed by atoms with van der Waals surface area (Å²) < 4.78 is 23.4. The molecule has 6 rings (SSSR count). The highest BCUT2D eigenvalue weighted by Gasteiger charge is 2.32. The van der Waals surface area contributed by atoms with Crippen molar-refractivity contribution < 1.29 is 9.13 Å². The molecule has 0 amide bonds. The van der Waals surface area contributed by atoms with E-state index < -0.39 is 0 Å². The molecule has 0 N–H and O–H groups in total. The van der Waals surface area contributed by atoms with Gasteiger partial charge in [-0.25, -0.2) is 9.38 Å². The van der Waals surface area contributed by atoms with Gasteiger partial charge in [0.05, 0.1) is 25.2 Å². The zero-order chi connectivity index (χ0) is 26.4. The van der Waals surface area contributed by atoms with Gasteiger partial charge < -0.3 is 4.74 Å². The molecule has 0 saturated carbocycles. The molecule has 1 atom stereocenters. The first kappa shape index (κ1) is 25.2. The Bertz CT molecular complexity index is 1780. The third-order valence-corrected chi connectivity index (χ3v) is 8.88. The summed E-state index contributed by atoms with van der Waals surface area (Å²) in [7, 11) is 0. The lowest BCUT2D eigenvalue weighted by Crippen LogP contribution is -2.38. The number of halogens is 3. The van der Waals surface area contributed by atoms with Crippen molar-refractivity contribution >= 4 is 55.0 Å². The molecule has 8 heteroatoms. The van der Waals surface area contributed by atoms with Crippen LogP contribution in [0.25, 0.3) is 11.8 Å². The molecule has 190 valence electrons. The van der Waals surface area contributed by atoms with E-state index in [9.17, 15) is 9.18 Å². The smallest absolute Gasteiger partial charge is 0.271 e. The number of allylic oxidation sites excluding steroid dienone is 1. The van der Waals surface area contributed by atoms with Crippen molar-refractivity contribution in [2.24, 2.45) is 4.99 Å². The summed E-state index contributed by atoms with van der Waals surface area (Å²) in [4.78, 5) is 19.6. The molecule has 0 saturated heterocycles. The SMILES string of the molecule is C=CCOc1c(Br)cc(/C=c2/sc3n(c2=O)[C@H](c2ccc(F)cc2)C2=C(N=3)c3ccccc3CC2)cc1Br. The number of aromatic nitrogens is 1. The number of thiazole rings is 1. The topological polar surface area (TPSA) is 43.6 Å². The maximum Gasteiger partial charge on any atom is 0.271 e. The van der Waals surface area contributed by atoms with E-state index in [1.54, 1.807) is 22.8 Å². The molecule has 2 heterocycles. The van der Waals surface area contributed by atoms with Gasteiger partial charge in [-0.1, -0.05) is 60.4 Å². The largest absolute Gasteiger partial charge is 0.487 e. The Morgan fingerprint density at radius 3 is 2.58 bits per heavy atom. The fourth-order valence-corrected chi connectivity index (χ4v) is 7.51. The summed E-state index contributed by atoms with van der Waals surface area (Å²) in [6.45, 7) is 4.07. The number of aryl methyl sites for hydroxylation is 1. The predicted molar refractivity (Wildman–Crippen MR) is 157 cm³/mol. The second-order valence-electron chi connectivity index (χ2n) is 9.08. The first-order valence-corrected chi connectivity index (χ1v) is 14.5. The lowest BCUT2D eigenvalue weighted by molar-refractivity contribution is 0.358. The standard InChI is InChI=1S/C30H21Br2FN2O2S/c1-2-13-37-28-23(31)14-17(15-24(28)32)16-25-29(36)35-27(19-7-10-20(33)11-8-19)22-12-9-18-5-3-4-6-21(18)26(22)34-30(35)38-25/h2-8,10-11,14-16,27H,1,9,12-13H2/b25-16+/t27-/m1/s1. The van der Waals surface area contributed by atoms with Gasteiger partial charge in [-0.15, -0.1) is 0 Å². The van der Waals surface area contributed by atoms with E-state index in [4.69, 9.17) is 9.73 Å². The van der Waals surface area contributed by atoms with Crippen LogP contribution in [0.4, 0.5) is 4.39 Å². The minimum atomic E-state index is -0.342. The second kappa shape index (κ2) is 10.2. The molecule has 0 unspecified atom stereocenters. The highest BCUT2D eigenvalue weighted by Crippen LogP contribution is 2.41. The van der Waals surface area contributed by atoms with E-state index in [2.05, 4.69) is 50.6 Å². The van der Waals surface area contributed by atoms with Crippen LogP contribution in [0.5, 0.6) is 5.75 Å². The van der Waals surface area contributed by atoms with Gasteiger partial charge in [0, 0.05) is 5.56 Å². The van der Waals surface area contributed by atoms with Crippen LogP contribution in [0.1, 0.15) is 34.7 Å². The third-order valence-electron chi connectivity index (χ3n) is 6.72. The first-order chi connectivity index (χ1) is 18.4. The number of fused-ring (bicyclic) bond motifs is 3. The Balaban J connectivity index is 1.55. The van der Waals surface area contributed by atoms with Crippen LogP contribution in [0, 0.1) is 5.82 Å². The zero-order valence-electron chi connectivity index (χ0n) is 20.1. The van der Waals surface area contributed by atoms with Gasteiger partial charge in [-0.2, -0.15) is 0 Å². The van der Waals surface area contributed by atoms with Crippen molar-refractivity contribution in [2.75, 3.05) is 6.61 Å². The van der Waals surface area contributed by atoms with Crippen LogP contribution >= 0.6 is 43.2 Å². The maximum absolute atomic E-state index is 13.9. The van der Waals surface area contributed by atoms with Crippen LogP contribution in [-0.4, -0.2) is 11.2 Å². The van der Waals surface area contributed by atoms with Crippen LogP contribution in [0.3, 0.4) is 0 Å². The van der Waals surface area contributed by atoms with E-state index in [1.165, 1.54) is 29.0 Å². The summed E-state index contributed by atoms with van der Waals surface area (Å²) >= 11 is 8.51. The Morgan fingerprint density at radius 2 is 1.84 bits per heavy atom. The number of benzene rings is 3. The third kappa shape index (κ3) is 4.44. The van der Waals surface area contributed by atoms with E-state index in [-0.39, 0.29) is 17.4 Å². The number of nitrogens with zero attached hydrogens (tertiary/aromatic N) is 2. The lowest BCUT2D eigenvalue weighted by atomic mass is 9.83. The van der Waals surface area contributed by atoms with Crippen LogP contribution in [0.15, 0.2) is 97.6 Å². The average molecular weight is 652 g/mol. The Morgan fingerprint density at radius 1 is 1.11 bits per heavy atom. The summed E-state index contributed by atoms with van der Waals surface area (Å²) in [5, 5.41) is 0. The van der Waals surface area contributed by atoms with Gasteiger partial charge in [0.15, 0.2) is 4.80 Å². The molecule has 1 aromatic heterocycles. The molecular weight excluding hydrogens is 631 g/mol. The molecule has 4 aromatic rings. The Kier molecular flexibility index (Phi) is 6.80. The van der Waals surface area contributed by atoms with Crippen LogP contribution in [0.2, 0.25) is 0 Å². The number of rotatable bonds is 5. The van der Waals surface area contributed by atoms with Gasteiger partial charge in [0.1, 0.15) is 18.2 Å². The summed E-state index contributed by atoms with van der Waals surface area (Å²) in [5.74, 6) is 0.368. The first-order valence-electron chi connectivity index (χ1n) is 12.1. The van der Waals surface area contributed by atoms with E-state index >= 15 is 0 Å². The summed E-state index contributed by atoms with van der Waals surface area (Å²) in [6.07, 6.45) is 5.21. The summed E-state index contributed by atoms with van der Waals surface area (Å²) in [5.41, 5.74) is 5.95. The van der Waals surface area contributed by atoms with Crippen molar-refractivity contribution in [3.8, 4) is 5.75 Å². The lowest BCUT2D eigenvalue weighted by Gasteiger charge is -2.30. The van der Waals surface area contributed by atoms with Gasteiger partial charge >= 0.3 is 0 Å². The quantitative estimate of drug-likeness (QED) is 0.230. The van der Waals surface area contributed by atoms with E-state index in [0.29, 0.717) is 21.7 Å². The van der Waals surface area contributed by atoms with Gasteiger partial charge in [-0.3, -0.25) is 9.36 Å². The van der Waals surface area contributed by atoms with Gasteiger partial charge in [0.2, 0.25) is 0 Å². The fourth-order valence-electron chi connectivity index (χ4n) is 5.06. The minimum Gasteiger partial charge on any atom is -0.487 e. The molecule has 4 nitrogen and oxygen atoms in total. The molecule has 38 heavy (non-hydrogen) atoms. The van der Waals surface area contributed by atoms with Crippen molar-refractivity contribution in [3.05, 3.63) is 136 Å². The second-order valence-corrected chi connectivity index (χ2v) is 11.8. The van der Waals surface area contributed by atoms with Crippen molar-refractivity contribution in [3.63, 3.8) is 0 Å². The number of hydrogen-bond donors (Lipinski definition) is 0. The zero-order valence-corrected chi connectivity index (χ0v) is 24.1. The van der Waals surface area contributed by atoms with E-state index in [0.717, 1.165) is 49.7 Å².